The molecule has 1 heterocycles. The third kappa shape index (κ3) is 1.94. The Morgan fingerprint density at radius 1 is 1.50 bits per heavy atom. The first-order valence-corrected chi connectivity index (χ1v) is 4.90. The lowest BCUT2D eigenvalue weighted by Crippen LogP contribution is -1.85. The quantitative estimate of drug-likeness (QED) is 0.569. The van der Waals surface area contributed by atoms with Gasteiger partial charge < -0.3 is 0 Å². The molecule has 4 heteroatoms. The molecular weight excluding hydrogens is 281 g/mol. The molecule has 0 unspecified atom stereocenters. The van der Waals surface area contributed by atoms with Gasteiger partial charge in [-0.3, -0.25) is 0 Å². The summed E-state index contributed by atoms with van der Waals surface area (Å²) in [6, 6.07) is 3.63. The van der Waals surface area contributed by atoms with E-state index in [9.17, 15) is 0 Å². The van der Waals surface area contributed by atoms with Crippen molar-refractivity contribution in [2.45, 2.75) is 5.33 Å². The number of rotatable bonds is 1. The van der Waals surface area contributed by atoms with Crippen molar-refractivity contribution in [3.8, 4) is 0 Å². The lowest BCUT2D eigenvalue weighted by atomic mass is 10.4. The summed E-state index contributed by atoms with van der Waals surface area (Å²) in [5.41, 5.74) is 0.857. The van der Waals surface area contributed by atoms with Gasteiger partial charge in [-0.15, -0.1) is 0 Å². The maximum absolute atomic E-state index is 5.78. The Kier molecular flexibility index (Phi) is 3.14. The van der Waals surface area contributed by atoms with Crippen molar-refractivity contribution in [2.75, 3.05) is 0 Å². The normalized spacial score (nSPS) is 9.90. The maximum atomic E-state index is 5.78. The molecule has 10 heavy (non-hydrogen) atoms. The topological polar surface area (TPSA) is 12.9 Å². The van der Waals surface area contributed by atoms with Crippen LogP contribution < -0.4 is 0 Å². The van der Waals surface area contributed by atoms with E-state index in [0.717, 1.165) is 10.3 Å². The third-order valence-corrected chi connectivity index (χ3v) is 2.33. The molecule has 1 nitrogen and oxygen atoms in total. The Morgan fingerprint density at radius 2 is 2.20 bits per heavy atom. The van der Waals surface area contributed by atoms with Gasteiger partial charge in [-0.1, -0.05) is 27.5 Å². The molecule has 0 spiro atoms. The minimum absolute atomic E-state index is 0.686. The molecular formula is C6H4Br2ClN. The fourth-order valence-corrected chi connectivity index (χ4v) is 1.66. The molecule has 0 aromatic carbocycles. The van der Waals surface area contributed by atoms with Crippen molar-refractivity contribution in [1.29, 1.82) is 0 Å². The number of hydrogen-bond acceptors (Lipinski definition) is 1. The first kappa shape index (κ1) is 8.50. The van der Waals surface area contributed by atoms with E-state index in [1.807, 2.05) is 12.1 Å². The van der Waals surface area contributed by atoms with E-state index in [4.69, 9.17) is 11.6 Å². The molecule has 1 aromatic rings. The number of pyridine rings is 1. The van der Waals surface area contributed by atoms with Crippen LogP contribution in [0.5, 0.6) is 0 Å². The van der Waals surface area contributed by atoms with Crippen LogP contribution in [0, 0.1) is 0 Å². The lowest BCUT2D eigenvalue weighted by Gasteiger charge is -1.97. The Morgan fingerprint density at radius 3 is 2.70 bits per heavy atom. The smallest absolute Gasteiger partial charge is 0.106 e. The van der Waals surface area contributed by atoms with Crippen LogP contribution in [0.3, 0.4) is 0 Å². The van der Waals surface area contributed by atoms with Gasteiger partial charge in [-0.05, 0) is 28.1 Å². The van der Waals surface area contributed by atoms with E-state index in [-0.39, 0.29) is 0 Å². The van der Waals surface area contributed by atoms with Gasteiger partial charge in [0.1, 0.15) is 4.60 Å². The molecule has 0 amide bonds. The second kappa shape index (κ2) is 3.69. The zero-order valence-corrected chi connectivity index (χ0v) is 8.87. The van der Waals surface area contributed by atoms with Crippen LogP contribution in [0.15, 0.2) is 16.7 Å². The summed E-state index contributed by atoms with van der Waals surface area (Å²) in [7, 11) is 0. The molecule has 1 aromatic heterocycles. The van der Waals surface area contributed by atoms with E-state index in [1.165, 1.54) is 0 Å². The highest BCUT2D eigenvalue weighted by atomic mass is 79.9. The van der Waals surface area contributed by atoms with Crippen molar-refractivity contribution in [3.05, 3.63) is 27.5 Å². The molecule has 1 rings (SSSR count). The number of halogens is 3. The summed E-state index contributed by atoms with van der Waals surface area (Å²) < 4.78 is 0.811. The van der Waals surface area contributed by atoms with Gasteiger partial charge in [-0.25, -0.2) is 4.98 Å². The van der Waals surface area contributed by atoms with Crippen LogP contribution in [0.25, 0.3) is 0 Å². The highest BCUT2D eigenvalue weighted by Crippen LogP contribution is 2.18. The summed E-state index contributed by atoms with van der Waals surface area (Å²) in [5.74, 6) is 0. The second-order valence-electron chi connectivity index (χ2n) is 1.70. The van der Waals surface area contributed by atoms with Crippen molar-refractivity contribution in [1.82, 2.24) is 4.98 Å². The fourth-order valence-electron chi connectivity index (χ4n) is 0.551. The summed E-state index contributed by atoms with van der Waals surface area (Å²) in [6.45, 7) is 0. The van der Waals surface area contributed by atoms with Crippen molar-refractivity contribution in [2.24, 2.45) is 0 Å². The largest absolute Gasteiger partial charge is 0.244 e. The molecule has 0 atom stereocenters. The van der Waals surface area contributed by atoms with E-state index in [1.54, 1.807) is 0 Å². The van der Waals surface area contributed by atoms with E-state index >= 15 is 0 Å². The molecule has 0 aliphatic rings. The maximum Gasteiger partial charge on any atom is 0.106 e. The van der Waals surface area contributed by atoms with E-state index in [0.29, 0.717) is 10.4 Å². The average Bonchev–Trinajstić information content (AvgIpc) is 1.94. The zero-order chi connectivity index (χ0) is 7.56. The van der Waals surface area contributed by atoms with Gasteiger partial charge in [0.2, 0.25) is 0 Å². The number of alkyl halides is 1. The Labute approximate surface area is 81.1 Å². The van der Waals surface area contributed by atoms with Crippen molar-refractivity contribution in [3.63, 3.8) is 0 Å². The predicted octanol–water partition coefficient (Wildman–Crippen LogP) is 3.39. The first-order chi connectivity index (χ1) is 4.74. The lowest BCUT2D eigenvalue weighted by molar-refractivity contribution is 1.15. The Bertz CT molecular complexity index is 239. The van der Waals surface area contributed by atoms with Crippen LogP contribution in [0.1, 0.15) is 5.69 Å². The fraction of sp³-hybridized carbons (Fsp3) is 0.167. The van der Waals surface area contributed by atoms with Gasteiger partial charge in [0.15, 0.2) is 0 Å². The molecule has 0 aliphatic heterocycles. The van der Waals surface area contributed by atoms with Gasteiger partial charge in [0.25, 0.3) is 0 Å². The van der Waals surface area contributed by atoms with Crippen LogP contribution >= 0.6 is 43.5 Å². The van der Waals surface area contributed by atoms with Crippen molar-refractivity contribution < 1.29 is 0 Å². The van der Waals surface area contributed by atoms with Gasteiger partial charge in [-0.2, -0.15) is 0 Å². The SMILES string of the molecule is Clc1ccc(Br)nc1CBr. The Hall–Kier alpha value is 0.400. The molecule has 54 valence electrons. The summed E-state index contributed by atoms with van der Waals surface area (Å²) in [5, 5.41) is 1.38. The Balaban J connectivity index is 3.09. The van der Waals surface area contributed by atoms with Crippen LogP contribution in [-0.4, -0.2) is 4.98 Å². The average molecular weight is 285 g/mol. The minimum atomic E-state index is 0.686. The highest BCUT2D eigenvalue weighted by Gasteiger charge is 1.99. The number of hydrogen-bond donors (Lipinski definition) is 0. The molecule has 0 bridgehead atoms. The predicted molar refractivity (Wildman–Crippen MR) is 49.6 cm³/mol. The van der Waals surface area contributed by atoms with Gasteiger partial charge >= 0.3 is 0 Å². The molecule has 0 saturated carbocycles. The molecule has 0 N–H and O–H groups in total. The van der Waals surface area contributed by atoms with Crippen LogP contribution in [0.2, 0.25) is 5.02 Å². The van der Waals surface area contributed by atoms with E-state index in [2.05, 4.69) is 36.8 Å². The first-order valence-electron chi connectivity index (χ1n) is 2.61. The molecule has 0 fully saturated rings. The third-order valence-electron chi connectivity index (χ3n) is 1.01. The molecule has 0 aliphatic carbocycles. The number of nitrogens with zero attached hydrogens (tertiary/aromatic N) is 1. The summed E-state index contributed by atoms with van der Waals surface area (Å²) >= 11 is 12.3. The van der Waals surface area contributed by atoms with Crippen molar-refractivity contribution >= 4 is 43.5 Å². The second-order valence-corrected chi connectivity index (χ2v) is 3.48. The standard InChI is InChI=1S/C6H4Br2ClN/c7-3-5-4(9)1-2-6(8)10-5/h1-2H,3H2. The van der Waals surface area contributed by atoms with Gasteiger partial charge in [0, 0.05) is 5.33 Å². The molecule has 0 radical (unpaired) electrons. The minimum Gasteiger partial charge on any atom is -0.244 e. The molecule has 0 saturated heterocycles. The zero-order valence-electron chi connectivity index (χ0n) is 4.94. The van der Waals surface area contributed by atoms with Crippen LogP contribution in [0.4, 0.5) is 0 Å². The summed E-state index contributed by atoms with van der Waals surface area (Å²) in [6.07, 6.45) is 0. The summed E-state index contributed by atoms with van der Waals surface area (Å²) in [4.78, 5) is 4.13. The number of aromatic nitrogens is 1. The van der Waals surface area contributed by atoms with E-state index < -0.39 is 0 Å². The highest BCUT2D eigenvalue weighted by molar-refractivity contribution is 9.10. The monoisotopic (exact) mass is 283 g/mol. The van der Waals surface area contributed by atoms with Crippen LogP contribution in [-0.2, 0) is 5.33 Å². The van der Waals surface area contributed by atoms with Gasteiger partial charge in [0.05, 0.1) is 10.7 Å².